The molecule has 0 saturated carbocycles. The van der Waals surface area contributed by atoms with Crippen molar-refractivity contribution in [2.24, 2.45) is 0 Å². The molecule has 2 aromatic rings. The molecule has 0 radical (unpaired) electrons. The van der Waals surface area contributed by atoms with Crippen molar-refractivity contribution in [3.63, 3.8) is 0 Å². The molecule has 0 fully saturated rings. The first kappa shape index (κ1) is 11.8. The maximum atomic E-state index is 10.7. The van der Waals surface area contributed by atoms with Crippen LogP contribution in [0.2, 0.25) is 0 Å². The number of carbonyl (C=O) groups is 1. The summed E-state index contributed by atoms with van der Waals surface area (Å²) in [6.45, 7) is 0.247. The summed E-state index contributed by atoms with van der Waals surface area (Å²) in [6.07, 6.45) is 4.01. The monoisotopic (exact) mass is 247 g/mol. The second-order valence-electron chi connectivity index (χ2n) is 3.57. The Hall–Kier alpha value is -2.70. The van der Waals surface area contributed by atoms with Crippen molar-refractivity contribution in [2.75, 3.05) is 0 Å². The number of carboxylic acids is 1. The maximum absolute atomic E-state index is 10.7. The summed E-state index contributed by atoms with van der Waals surface area (Å²) < 4.78 is 1.50. The van der Waals surface area contributed by atoms with Crippen LogP contribution in [0.25, 0.3) is 10.9 Å². The van der Waals surface area contributed by atoms with Gasteiger partial charge in [0.15, 0.2) is 0 Å². The normalized spacial score (nSPS) is 11.1. The Bertz CT molecular complexity index is 645. The second-order valence-corrected chi connectivity index (χ2v) is 3.57. The first-order valence-electron chi connectivity index (χ1n) is 5.07. The van der Waals surface area contributed by atoms with E-state index in [1.807, 2.05) is 0 Å². The van der Waals surface area contributed by atoms with E-state index in [0.717, 1.165) is 11.5 Å². The lowest BCUT2D eigenvalue weighted by molar-refractivity contribution is -0.384. The predicted molar refractivity (Wildman–Crippen MR) is 63.2 cm³/mol. The number of nitrogens with zero attached hydrogens (tertiary/aromatic N) is 3. The first-order chi connectivity index (χ1) is 8.58. The van der Waals surface area contributed by atoms with Gasteiger partial charge in [-0.05, 0) is 6.07 Å². The fourth-order valence-corrected chi connectivity index (χ4v) is 1.57. The molecule has 7 nitrogen and oxygen atoms in total. The van der Waals surface area contributed by atoms with Gasteiger partial charge in [-0.25, -0.2) is 4.79 Å². The molecule has 2 rings (SSSR count). The van der Waals surface area contributed by atoms with Crippen molar-refractivity contribution >= 4 is 22.6 Å². The van der Waals surface area contributed by atoms with E-state index in [1.165, 1.54) is 22.9 Å². The van der Waals surface area contributed by atoms with Gasteiger partial charge in [0, 0.05) is 23.6 Å². The predicted octanol–water partition coefficient (Wildman–Crippen LogP) is 1.59. The molecule has 18 heavy (non-hydrogen) atoms. The summed E-state index contributed by atoms with van der Waals surface area (Å²) in [6, 6.07) is 4.43. The standard InChI is InChI=1S/C11H9N3O4/c15-11(16)2-1-5-13-10-6-9(14(17)18)4-3-8(10)7-12-13/h1-4,6-7H,5H2,(H,15,16). The molecule has 0 spiro atoms. The lowest BCUT2D eigenvalue weighted by atomic mass is 10.2. The minimum absolute atomic E-state index is 0.0218. The molecular formula is C11H9N3O4. The van der Waals surface area contributed by atoms with E-state index in [-0.39, 0.29) is 12.2 Å². The van der Waals surface area contributed by atoms with Crippen LogP contribution < -0.4 is 0 Å². The molecule has 0 amide bonds. The van der Waals surface area contributed by atoms with Crippen LogP contribution >= 0.6 is 0 Å². The Morgan fingerprint density at radius 3 is 3.00 bits per heavy atom. The zero-order chi connectivity index (χ0) is 13.1. The van der Waals surface area contributed by atoms with E-state index in [0.29, 0.717) is 5.52 Å². The van der Waals surface area contributed by atoms with Crippen LogP contribution in [0.15, 0.2) is 36.5 Å². The van der Waals surface area contributed by atoms with Crippen LogP contribution in [0.3, 0.4) is 0 Å². The van der Waals surface area contributed by atoms with E-state index >= 15 is 0 Å². The number of fused-ring (bicyclic) bond motifs is 1. The van der Waals surface area contributed by atoms with E-state index in [9.17, 15) is 14.9 Å². The lowest BCUT2D eigenvalue weighted by Crippen LogP contribution is -1.98. The Morgan fingerprint density at radius 1 is 1.56 bits per heavy atom. The molecule has 1 aromatic heterocycles. The number of aliphatic carboxylic acids is 1. The zero-order valence-corrected chi connectivity index (χ0v) is 9.18. The lowest BCUT2D eigenvalue weighted by Gasteiger charge is -1.98. The number of non-ortho nitro benzene ring substituents is 1. The second kappa shape index (κ2) is 4.66. The Balaban J connectivity index is 2.36. The molecule has 0 bridgehead atoms. The largest absolute Gasteiger partial charge is 0.478 e. The molecule has 1 N–H and O–H groups in total. The third kappa shape index (κ3) is 2.34. The van der Waals surface area contributed by atoms with Gasteiger partial charge in [0.1, 0.15) is 0 Å². The maximum Gasteiger partial charge on any atom is 0.328 e. The number of nitro groups is 1. The molecule has 7 heteroatoms. The number of allylic oxidation sites excluding steroid dienone is 1. The average molecular weight is 247 g/mol. The molecule has 0 aliphatic heterocycles. The third-order valence-electron chi connectivity index (χ3n) is 2.38. The molecule has 0 saturated heterocycles. The molecule has 1 aromatic carbocycles. The molecule has 0 aliphatic carbocycles. The number of hydrogen-bond acceptors (Lipinski definition) is 4. The smallest absolute Gasteiger partial charge is 0.328 e. The van der Waals surface area contributed by atoms with Crippen molar-refractivity contribution in [3.8, 4) is 0 Å². The molecule has 0 aliphatic rings. The van der Waals surface area contributed by atoms with Gasteiger partial charge in [0.2, 0.25) is 0 Å². The van der Waals surface area contributed by atoms with Crippen LogP contribution in [-0.2, 0) is 11.3 Å². The minimum atomic E-state index is -1.04. The average Bonchev–Trinajstić information content (AvgIpc) is 2.71. The summed E-state index contributed by atoms with van der Waals surface area (Å²) in [7, 11) is 0. The summed E-state index contributed by atoms with van der Waals surface area (Å²) in [5.74, 6) is -1.04. The highest BCUT2D eigenvalue weighted by atomic mass is 16.6. The Labute approximate surface area is 101 Å². The van der Waals surface area contributed by atoms with Crippen LogP contribution in [0.5, 0.6) is 0 Å². The van der Waals surface area contributed by atoms with Crippen molar-refractivity contribution in [1.82, 2.24) is 9.78 Å². The van der Waals surface area contributed by atoms with Gasteiger partial charge in [-0.2, -0.15) is 5.10 Å². The van der Waals surface area contributed by atoms with Gasteiger partial charge >= 0.3 is 5.97 Å². The van der Waals surface area contributed by atoms with Crippen LogP contribution in [0, 0.1) is 10.1 Å². The quantitative estimate of drug-likeness (QED) is 0.502. The topological polar surface area (TPSA) is 98.3 Å². The highest BCUT2D eigenvalue weighted by Gasteiger charge is 2.09. The van der Waals surface area contributed by atoms with Crippen molar-refractivity contribution in [2.45, 2.75) is 6.54 Å². The van der Waals surface area contributed by atoms with Crippen LogP contribution in [-0.4, -0.2) is 25.8 Å². The van der Waals surface area contributed by atoms with Gasteiger partial charge < -0.3 is 5.11 Å². The number of aromatic nitrogens is 2. The highest BCUT2D eigenvalue weighted by Crippen LogP contribution is 2.20. The molecule has 92 valence electrons. The molecule has 0 unspecified atom stereocenters. The molecule has 0 atom stereocenters. The van der Waals surface area contributed by atoms with Crippen LogP contribution in [0.1, 0.15) is 0 Å². The van der Waals surface area contributed by atoms with Crippen molar-refractivity contribution < 1.29 is 14.8 Å². The Kier molecular flexibility index (Phi) is 3.05. The van der Waals surface area contributed by atoms with Gasteiger partial charge in [-0.15, -0.1) is 0 Å². The number of rotatable bonds is 4. The first-order valence-corrected chi connectivity index (χ1v) is 5.07. The number of nitro benzene ring substituents is 1. The van der Waals surface area contributed by atoms with Gasteiger partial charge in [-0.1, -0.05) is 6.08 Å². The van der Waals surface area contributed by atoms with Crippen molar-refractivity contribution in [1.29, 1.82) is 0 Å². The van der Waals surface area contributed by atoms with E-state index in [1.54, 1.807) is 12.3 Å². The number of carboxylic acid groups (broad SMARTS) is 1. The van der Waals surface area contributed by atoms with Gasteiger partial charge in [0.05, 0.1) is 23.2 Å². The van der Waals surface area contributed by atoms with Gasteiger partial charge in [-0.3, -0.25) is 14.8 Å². The zero-order valence-electron chi connectivity index (χ0n) is 9.18. The summed E-state index contributed by atoms with van der Waals surface area (Å²) in [4.78, 5) is 20.5. The summed E-state index contributed by atoms with van der Waals surface area (Å²) in [5, 5.41) is 23.9. The SMILES string of the molecule is O=C(O)C=CCn1ncc2ccc([N+](=O)[O-])cc21. The van der Waals surface area contributed by atoms with E-state index in [2.05, 4.69) is 5.10 Å². The molecule has 1 heterocycles. The molecular weight excluding hydrogens is 238 g/mol. The Morgan fingerprint density at radius 2 is 2.33 bits per heavy atom. The fraction of sp³-hybridized carbons (Fsp3) is 0.0909. The number of hydrogen-bond donors (Lipinski definition) is 1. The number of benzene rings is 1. The highest BCUT2D eigenvalue weighted by molar-refractivity contribution is 5.81. The van der Waals surface area contributed by atoms with Gasteiger partial charge in [0.25, 0.3) is 5.69 Å². The van der Waals surface area contributed by atoms with Crippen molar-refractivity contribution in [3.05, 3.63) is 46.7 Å². The van der Waals surface area contributed by atoms with E-state index < -0.39 is 10.9 Å². The minimum Gasteiger partial charge on any atom is -0.478 e. The summed E-state index contributed by atoms with van der Waals surface area (Å²) in [5.41, 5.74) is 0.575. The van der Waals surface area contributed by atoms with Crippen LogP contribution in [0.4, 0.5) is 5.69 Å². The van der Waals surface area contributed by atoms with E-state index in [4.69, 9.17) is 5.11 Å². The fourth-order valence-electron chi connectivity index (χ4n) is 1.57. The third-order valence-corrected chi connectivity index (χ3v) is 2.38. The summed E-state index contributed by atoms with van der Waals surface area (Å²) >= 11 is 0.